The van der Waals surface area contributed by atoms with Crippen LogP contribution in [0.2, 0.25) is 0 Å². The minimum absolute atomic E-state index is 0.280. The van der Waals surface area contributed by atoms with Crippen LogP contribution in [0.5, 0.6) is 0 Å². The number of rotatable bonds is 2. The van der Waals surface area contributed by atoms with Gasteiger partial charge in [-0.2, -0.15) is 0 Å². The molecular formula is C13H20N2O2S. The first-order valence-electron chi connectivity index (χ1n) is 6.80. The van der Waals surface area contributed by atoms with Gasteiger partial charge in [0.2, 0.25) is 0 Å². The molecule has 0 saturated carbocycles. The predicted molar refractivity (Wildman–Crippen MR) is 70.3 cm³/mol. The molecule has 0 aromatic carbocycles. The average Bonchev–Trinajstić information content (AvgIpc) is 2.83. The van der Waals surface area contributed by atoms with Crippen molar-refractivity contribution < 1.29 is 8.42 Å². The molecule has 2 aliphatic rings. The van der Waals surface area contributed by atoms with Crippen LogP contribution in [0.1, 0.15) is 43.7 Å². The summed E-state index contributed by atoms with van der Waals surface area (Å²) in [5, 5.41) is 0. The normalized spacial score (nSPS) is 30.3. The maximum absolute atomic E-state index is 11.5. The molecule has 1 fully saturated rings. The molecule has 0 amide bonds. The summed E-state index contributed by atoms with van der Waals surface area (Å²) in [6.07, 6.45) is 7.28. The second-order valence-electron chi connectivity index (χ2n) is 5.77. The Hall–Kier alpha value is -0.840. The van der Waals surface area contributed by atoms with E-state index in [4.69, 9.17) is 0 Å². The highest BCUT2D eigenvalue weighted by molar-refractivity contribution is 7.91. The Kier molecular flexibility index (Phi) is 2.96. The van der Waals surface area contributed by atoms with Crippen LogP contribution in [0.4, 0.5) is 0 Å². The summed E-state index contributed by atoms with van der Waals surface area (Å²) < 4.78 is 25.2. The average molecular weight is 268 g/mol. The highest BCUT2D eigenvalue weighted by Gasteiger charge is 2.29. The number of nitrogens with zero attached hydrogens (tertiary/aromatic N) is 2. The van der Waals surface area contributed by atoms with E-state index < -0.39 is 9.84 Å². The quantitative estimate of drug-likeness (QED) is 0.821. The van der Waals surface area contributed by atoms with Crippen molar-refractivity contribution >= 4 is 9.84 Å². The third kappa shape index (κ3) is 2.32. The summed E-state index contributed by atoms with van der Waals surface area (Å²) in [6.45, 7) is 2.23. The fourth-order valence-corrected chi connectivity index (χ4v) is 5.04. The van der Waals surface area contributed by atoms with Crippen molar-refractivity contribution in [3.63, 3.8) is 0 Å². The molecule has 1 saturated heterocycles. The third-order valence-electron chi connectivity index (χ3n) is 4.18. The zero-order valence-electron chi connectivity index (χ0n) is 10.8. The van der Waals surface area contributed by atoms with Crippen LogP contribution in [0.15, 0.2) is 6.20 Å². The lowest BCUT2D eigenvalue weighted by Gasteiger charge is -2.20. The zero-order chi connectivity index (χ0) is 12.8. The maximum Gasteiger partial charge on any atom is 0.150 e. The Morgan fingerprint density at radius 2 is 2.28 bits per heavy atom. The maximum atomic E-state index is 11.5. The van der Waals surface area contributed by atoms with Crippen molar-refractivity contribution in [1.29, 1.82) is 0 Å². The van der Waals surface area contributed by atoms with Crippen molar-refractivity contribution in [1.82, 2.24) is 9.55 Å². The first kappa shape index (κ1) is 12.2. The van der Waals surface area contributed by atoms with Crippen LogP contribution in [-0.2, 0) is 22.7 Å². The van der Waals surface area contributed by atoms with Gasteiger partial charge in [-0.1, -0.05) is 0 Å². The molecule has 2 aliphatic heterocycles. The smallest absolute Gasteiger partial charge is 0.150 e. The lowest BCUT2D eigenvalue weighted by molar-refractivity contribution is 0.425. The van der Waals surface area contributed by atoms with Crippen LogP contribution in [0, 0.1) is 5.92 Å². The van der Waals surface area contributed by atoms with Gasteiger partial charge in [-0.15, -0.1) is 0 Å². The third-order valence-corrected chi connectivity index (χ3v) is 6.02. The van der Waals surface area contributed by atoms with Crippen molar-refractivity contribution in [2.75, 3.05) is 11.5 Å². The van der Waals surface area contributed by atoms with Gasteiger partial charge >= 0.3 is 0 Å². The Labute approximate surface area is 108 Å². The van der Waals surface area contributed by atoms with Gasteiger partial charge < -0.3 is 4.57 Å². The topological polar surface area (TPSA) is 52.0 Å². The van der Waals surface area contributed by atoms with Gasteiger partial charge in [0.15, 0.2) is 9.84 Å². The number of sulfone groups is 1. The molecule has 4 nitrogen and oxygen atoms in total. The Morgan fingerprint density at radius 3 is 2.94 bits per heavy atom. The minimum Gasteiger partial charge on any atom is -0.332 e. The highest BCUT2D eigenvalue weighted by atomic mass is 32.2. The molecule has 18 heavy (non-hydrogen) atoms. The molecule has 0 aliphatic carbocycles. The second-order valence-corrected chi connectivity index (χ2v) is 8.00. The minimum atomic E-state index is -2.76. The van der Waals surface area contributed by atoms with E-state index in [0.29, 0.717) is 17.5 Å². The van der Waals surface area contributed by atoms with Crippen molar-refractivity contribution in [3.05, 3.63) is 17.7 Å². The van der Waals surface area contributed by atoms with Gasteiger partial charge in [-0.25, -0.2) is 13.4 Å². The molecule has 3 rings (SSSR count). The number of imidazole rings is 1. The Bertz CT molecular complexity index is 547. The lowest BCUT2D eigenvalue weighted by atomic mass is 10.0. The lowest BCUT2D eigenvalue weighted by Crippen LogP contribution is -2.14. The van der Waals surface area contributed by atoms with Gasteiger partial charge in [-0.05, 0) is 38.5 Å². The summed E-state index contributed by atoms with van der Waals surface area (Å²) >= 11 is 0. The molecule has 3 heterocycles. The van der Waals surface area contributed by atoms with E-state index in [1.54, 1.807) is 0 Å². The monoisotopic (exact) mass is 268 g/mol. The summed E-state index contributed by atoms with van der Waals surface area (Å²) in [4.78, 5) is 4.68. The molecule has 0 N–H and O–H groups in total. The van der Waals surface area contributed by atoms with Gasteiger partial charge in [0.05, 0.1) is 17.2 Å². The molecule has 2 unspecified atom stereocenters. The molecule has 5 heteroatoms. The molecule has 0 radical (unpaired) electrons. The number of aryl methyl sites for hydroxylation is 1. The Morgan fingerprint density at radius 1 is 1.44 bits per heavy atom. The molecular weight excluding hydrogens is 248 g/mol. The standard InChI is InChI=1S/C13H20N2O2S/c1-10-3-2-4-13-14-12(8-15(10)13)7-11-5-6-18(16,17)9-11/h8,10-11H,2-7,9H2,1H3. The number of hydrogen-bond acceptors (Lipinski definition) is 3. The summed E-state index contributed by atoms with van der Waals surface area (Å²) in [7, 11) is -2.76. The fraction of sp³-hybridized carbons (Fsp3) is 0.769. The summed E-state index contributed by atoms with van der Waals surface area (Å²) in [5.74, 6) is 2.18. The van der Waals surface area contributed by atoms with Crippen LogP contribution in [0.3, 0.4) is 0 Å². The first-order valence-corrected chi connectivity index (χ1v) is 8.63. The molecule has 2 atom stereocenters. The van der Waals surface area contributed by atoms with Crippen molar-refractivity contribution in [2.45, 2.75) is 45.1 Å². The van der Waals surface area contributed by atoms with Crippen molar-refractivity contribution in [3.8, 4) is 0 Å². The van der Waals surface area contributed by atoms with E-state index in [2.05, 4.69) is 22.7 Å². The van der Waals surface area contributed by atoms with E-state index in [9.17, 15) is 8.42 Å². The predicted octanol–water partition coefficient (Wildman–Crippen LogP) is 1.76. The first-order chi connectivity index (χ1) is 8.53. The van der Waals surface area contributed by atoms with E-state index in [1.165, 1.54) is 18.7 Å². The van der Waals surface area contributed by atoms with E-state index in [0.717, 1.165) is 25.0 Å². The number of aromatic nitrogens is 2. The van der Waals surface area contributed by atoms with E-state index in [-0.39, 0.29) is 5.92 Å². The van der Waals surface area contributed by atoms with Crippen molar-refractivity contribution in [2.24, 2.45) is 5.92 Å². The molecule has 1 aromatic rings. The van der Waals surface area contributed by atoms with Gasteiger partial charge in [0.25, 0.3) is 0 Å². The van der Waals surface area contributed by atoms with E-state index >= 15 is 0 Å². The Balaban J connectivity index is 1.74. The SMILES string of the molecule is CC1CCCc2nc(CC3CCS(=O)(=O)C3)cn21. The van der Waals surface area contributed by atoms with Crippen LogP contribution >= 0.6 is 0 Å². The molecule has 100 valence electrons. The van der Waals surface area contributed by atoms with Gasteiger partial charge in [0.1, 0.15) is 5.82 Å². The van der Waals surface area contributed by atoms with Crippen LogP contribution in [0.25, 0.3) is 0 Å². The fourth-order valence-electron chi connectivity index (χ4n) is 3.18. The highest BCUT2D eigenvalue weighted by Crippen LogP contribution is 2.27. The summed E-state index contributed by atoms with van der Waals surface area (Å²) in [6, 6.07) is 0.544. The van der Waals surface area contributed by atoms with Crippen LogP contribution in [-0.4, -0.2) is 29.5 Å². The molecule has 0 bridgehead atoms. The molecule has 1 aromatic heterocycles. The molecule has 0 spiro atoms. The number of fused-ring (bicyclic) bond motifs is 1. The summed E-state index contributed by atoms with van der Waals surface area (Å²) in [5.41, 5.74) is 1.08. The van der Waals surface area contributed by atoms with Gasteiger partial charge in [0, 0.05) is 18.7 Å². The largest absolute Gasteiger partial charge is 0.332 e. The zero-order valence-corrected chi connectivity index (χ0v) is 11.6. The van der Waals surface area contributed by atoms with Gasteiger partial charge in [-0.3, -0.25) is 0 Å². The number of hydrogen-bond donors (Lipinski definition) is 0. The second kappa shape index (κ2) is 4.37. The van der Waals surface area contributed by atoms with Crippen LogP contribution < -0.4 is 0 Å². The van der Waals surface area contributed by atoms with E-state index in [1.807, 2.05) is 0 Å².